The SMILES string of the molecule is COc1ccc(NCCC(=O)O)cc1[N+](=O)[O-]. The van der Waals surface area contributed by atoms with E-state index in [1.54, 1.807) is 6.07 Å². The number of aliphatic carboxylic acids is 1. The van der Waals surface area contributed by atoms with Crippen LogP contribution in [-0.2, 0) is 4.79 Å². The number of nitro benzene ring substituents is 1. The average Bonchev–Trinajstić information content (AvgIpc) is 2.28. The second kappa shape index (κ2) is 5.69. The third-order valence-corrected chi connectivity index (χ3v) is 2.04. The van der Waals surface area contributed by atoms with Crippen LogP contribution in [0.4, 0.5) is 11.4 Å². The van der Waals surface area contributed by atoms with Crippen LogP contribution in [0.25, 0.3) is 0 Å². The normalized spacial score (nSPS) is 9.71. The molecule has 0 atom stereocenters. The number of benzene rings is 1. The van der Waals surface area contributed by atoms with Crippen molar-refractivity contribution in [3.63, 3.8) is 0 Å². The highest BCUT2D eigenvalue weighted by molar-refractivity contribution is 5.67. The lowest BCUT2D eigenvalue weighted by Gasteiger charge is -2.06. The summed E-state index contributed by atoms with van der Waals surface area (Å²) in [5, 5.41) is 21.9. The van der Waals surface area contributed by atoms with Crippen molar-refractivity contribution < 1.29 is 19.6 Å². The second-order valence-electron chi connectivity index (χ2n) is 3.21. The molecule has 0 amide bonds. The number of nitrogens with one attached hydrogen (secondary N) is 1. The van der Waals surface area contributed by atoms with E-state index in [0.29, 0.717) is 5.69 Å². The van der Waals surface area contributed by atoms with Crippen LogP contribution in [-0.4, -0.2) is 29.7 Å². The summed E-state index contributed by atoms with van der Waals surface area (Å²) in [4.78, 5) is 20.5. The quantitative estimate of drug-likeness (QED) is 0.577. The van der Waals surface area contributed by atoms with Gasteiger partial charge in [-0.3, -0.25) is 14.9 Å². The van der Waals surface area contributed by atoms with E-state index < -0.39 is 10.9 Å². The Balaban J connectivity index is 2.78. The zero-order chi connectivity index (χ0) is 12.8. The van der Waals surface area contributed by atoms with Crippen LogP contribution in [0.15, 0.2) is 18.2 Å². The summed E-state index contributed by atoms with van der Waals surface area (Å²) in [5.41, 5.74) is 0.326. The maximum absolute atomic E-state index is 10.7. The predicted octanol–water partition coefficient (Wildman–Crippen LogP) is 1.49. The summed E-state index contributed by atoms with van der Waals surface area (Å²) in [6, 6.07) is 4.36. The average molecular weight is 240 g/mol. The highest BCUT2D eigenvalue weighted by Gasteiger charge is 2.14. The van der Waals surface area contributed by atoms with E-state index in [1.165, 1.54) is 19.2 Å². The molecule has 0 aromatic heterocycles. The first kappa shape index (κ1) is 12.8. The molecule has 0 heterocycles. The fourth-order valence-electron chi connectivity index (χ4n) is 1.26. The highest BCUT2D eigenvalue weighted by Crippen LogP contribution is 2.29. The van der Waals surface area contributed by atoms with Crippen molar-refractivity contribution in [3.8, 4) is 5.75 Å². The summed E-state index contributed by atoms with van der Waals surface area (Å²) in [5.74, 6) is -0.765. The summed E-state index contributed by atoms with van der Waals surface area (Å²) in [6.45, 7) is 0.207. The number of nitro groups is 1. The Hall–Kier alpha value is -2.31. The van der Waals surface area contributed by atoms with Crippen molar-refractivity contribution >= 4 is 17.3 Å². The summed E-state index contributed by atoms with van der Waals surface area (Å²) < 4.78 is 4.84. The number of hydrogen-bond acceptors (Lipinski definition) is 5. The monoisotopic (exact) mass is 240 g/mol. The zero-order valence-electron chi connectivity index (χ0n) is 9.17. The Morgan fingerprint density at radius 3 is 2.82 bits per heavy atom. The van der Waals surface area contributed by atoms with Crippen molar-refractivity contribution in [2.24, 2.45) is 0 Å². The molecule has 1 aromatic carbocycles. The minimum atomic E-state index is -0.930. The molecule has 7 nitrogen and oxygen atoms in total. The lowest BCUT2D eigenvalue weighted by molar-refractivity contribution is -0.385. The van der Waals surface area contributed by atoms with Gasteiger partial charge in [0.25, 0.3) is 0 Å². The Bertz CT molecular complexity index is 433. The van der Waals surface area contributed by atoms with Gasteiger partial charge in [-0.15, -0.1) is 0 Å². The number of nitrogens with zero attached hydrogens (tertiary/aromatic N) is 1. The van der Waals surface area contributed by atoms with Gasteiger partial charge in [-0.25, -0.2) is 0 Å². The second-order valence-corrected chi connectivity index (χ2v) is 3.21. The molecule has 0 bridgehead atoms. The Morgan fingerprint density at radius 1 is 1.59 bits per heavy atom. The Kier molecular flexibility index (Phi) is 4.27. The lowest BCUT2D eigenvalue weighted by atomic mass is 10.2. The number of carboxylic acids is 1. The van der Waals surface area contributed by atoms with E-state index in [1.807, 2.05) is 0 Å². The molecule has 1 rings (SSSR count). The molecule has 0 aliphatic carbocycles. The molecule has 0 saturated heterocycles. The third-order valence-electron chi connectivity index (χ3n) is 2.04. The lowest BCUT2D eigenvalue weighted by Crippen LogP contribution is -2.07. The van der Waals surface area contributed by atoms with Gasteiger partial charge in [-0.05, 0) is 12.1 Å². The number of carbonyl (C=O) groups is 1. The van der Waals surface area contributed by atoms with Crippen LogP contribution < -0.4 is 10.1 Å². The number of anilines is 1. The largest absolute Gasteiger partial charge is 0.490 e. The van der Waals surface area contributed by atoms with Gasteiger partial charge in [0.1, 0.15) is 0 Å². The molecule has 17 heavy (non-hydrogen) atoms. The summed E-state index contributed by atoms with van der Waals surface area (Å²) in [7, 11) is 1.35. The first-order valence-electron chi connectivity index (χ1n) is 4.82. The van der Waals surface area contributed by atoms with Gasteiger partial charge in [0, 0.05) is 18.3 Å². The van der Waals surface area contributed by atoms with E-state index in [9.17, 15) is 14.9 Å². The standard InChI is InChI=1S/C10H12N2O5/c1-17-9-3-2-7(6-8(9)12(15)16)11-5-4-10(13)14/h2-3,6,11H,4-5H2,1H3,(H,13,14). The van der Waals surface area contributed by atoms with Gasteiger partial charge in [0.2, 0.25) is 0 Å². The van der Waals surface area contributed by atoms with E-state index in [2.05, 4.69) is 5.32 Å². The van der Waals surface area contributed by atoms with Gasteiger partial charge in [-0.2, -0.15) is 0 Å². The van der Waals surface area contributed by atoms with Crippen LogP contribution >= 0.6 is 0 Å². The molecule has 0 aliphatic heterocycles. The number of hydrogen-bond donors (Lipinski definition) is 2. The van der Waals surface area contributed by atoms with Gasteiger partial charge < -0.3 is 15.2 Å². The van der Waals surface area contributed by atoms with E-state index in [4.69, 9.17) is 9.84 Å². The molecule has 92 valence electrons. The minimum absolute atomic E-state index is 0.0557. The molecule has 0 aliphatic rings. The fraction of sp³-hybridized carbons (Fsp3) is 0.300. The van der Waals surface area contributed by atoms with Crippen LogP contribution in [0.5, 0.6) is 5.75 Å². The fourth-order valence-corrected chi connectivity index (χ4v) is 1.26. The van der Waals surface area contributed by atoms with Crippen molar-refractivity contribution in [1.29, 1.82) is 0 Å². The van der Waals surface area contributed by atoms with Gasteiger partial charge >= 0.3 is 11.7 Å². The van der Waals surface area contributed by atoms with E-state index >= 15 is 0 Å². The highest BCUT2D eigenvalue weighted by atomic mass is 16.6. The predicted molar refractivity (Wildman–Crippen MR) is 60.4 cm³/mol. The maximum atomic E-state index is 10.7. The molecule has 0 spiro atoms. The summed E-state index contributed by atoms with van der Waals surface area (Å²) in [6.07, 6.45) is -0.0557. The van der Waals surface area contributed by atoms with Gasteiger partial charge in [-0.1, -0.05) is 0 Å². The van der Waals surface area contributed by atoms with Gasteiger partial charge in [0.05, 0.1) is 18.5 Å². The molecule has 0 saturated carbocycles. The van der Waals surface area contributed by atoms with Crippen molar-refractivity contribution in [2.75, 3.05) is 19.0 Å². The van der Waals surface area contributed by atoms with E-state index in [0.717, 1.165) is 0 Å². The number of methoxy groups -OCH3 is 1. The van der Waals surface area contributed by atoms with Crippen LogP contribution in [0, 0.1) is 10.1 Å². The van der Waals surface area contributed by atoms with Crippen LogP contribution in [0.1, 0.15) is 6.42 Å². The molecular formula is C10H12N2O5. The van der Waals surface area contributed by atoms with Gasteiger partial charge in [0.15, 0.2) is 5.75 Å². The molecular weight excluding hydrogens is 228 g/mol. The van der Waals surface area contributed by atoms with Crippen molar-refractivity contribution in [2.45, 2.75) is 6.42 Å². The van der Waals surface area contributed by atoms with E-state index in [-0.39, 0.29) is 24.4 Å². The Labute approximate surface area is 97.2 Å². The molecule has 2 N–H and O–H groups in total. The molecule has 1 aromatic rings. The number of rotatable bonds is 6. The molecule has 7 heteroatoms. The van der Waals surface area contributed by atoms with Crippen molar-refractivity contribution in [3.05, 3.63) is 28.3 Å². The third kappa shape index (κ3) is 3.63. The molecule has 0 unspecified atom stereocenters. The minimum Gasteiger partial charge on any atom is -0.490 e. The van der Waals surface area contributed by atoms with Crippen LogP contribution in [0.2, 0.25) is 0 Å². The van der Waals surface area contributed by atoms with Crippen molar-refractivity contribution in [1.82, 2.24) is 0 Å². The number of ether oxygens (including phenoxy) is 1. The number of carboxylic acid groups (broad SMARTS) is 1. The molecule has 0 radical (unpaired) electrons. The first-order chi connectivity index (χ1) is 8.04. The first-order valence-corrected chi connectivity index (χ1v) is 4.82. The van der Waals surface area contributed by atoms with Crippen LogP contribution in [0.3, 0.4) is 0 Å². The topological polar surface area (TPSA) is 102 Å². The molecule has 0 fully saturated rings. The maximum Gasteiger partial charge on any atom is 0.312 e. The Morgan fingerprint density at radius 2 is 2.29 bits per heavy atom. The smallest absolute Gasteiger partial charge is 0.312 e. The zero-order valence-corrected chi connectivity index (χ0v) is 9.17. The summed E-state index contributed by atoms with van der Waals surface area (Å²) >= 11 is 0.